The molecule has 0 amide bonds. The lowest BCUT2D eigenvalue weighted by molar-refractivity contribution is 0.509. The van der Waals surface area contributed by atoms with E-state index >= 15 is 0 Å². The molecule has 0 unspecified atom stereocenters. The van der Waals surface area contributed by atoms with Gasteiger partial charge in [0, 0.05) is 4.88 Å². The topological polar surface area (TPSA) is 57.8 Å². The average molecular weight is 382 g/mol. The smallest absolute Gasteiger partial charge is 0.259 e. The van der Waals surface area contributed by atoms with Gasteiger partial charge in [-0.1, -0.05) is 37.3 Å². The monoisotopic (exact) mass is 381 g/mol. The van der Waals surface area contributed by atoms with Gasteiger partial charge in [0.15, 0.2) is 0 Å². The van der Waals surface area contributed by atoms with Gasteiger partial charge in [-0.25, -0.2) is 4.98 Å². The predicted molar refractivity (Wildman–Crippen MR) is 113 cm³/mol. The standard InChI is InChI=1S/C22H27N3OS/c1-14-10-11-17-18(13-14)27-22-19(17)21(26)24-20(25-22)15(2)23-12-6-9-16-7-4-3-5-8-16/h3-5,7-8,14-15,23H,6,9-13H2,1-2H3,(H,24,25,26)/t14-,15-/m1/s1. The summed E-state index contributed by atoms with van der Waals surface area (Å²) in [5.41, 5.74) is 2.63. The Morgan fingerprint density at radius 1 is 1.33 bits per heavy atom. The highest BCUT2D eigenvalue weighted by Crippen LogP contribution is 2.35. The van der Waals surface area contributed by atoms with Crippen LogP contribution in [-0.2, 0) is 19.3 Å². The van der Waals surface area contributed by atoms with Crippen LogP contribution in [0.2, 0.25) is 0 Å². The minimum Gasteiger partial charge on any atom is -0.309 e. The van der Waals surface area contributed by atoms with Crippen molar-refractivity contribution in [2.45, 2.75) is 52.0 Å². The number of fused-ring (bicyclic) bond motifs is 3. The van der Waals surface area contributed by atoms with Crippen LogP contribution in [0, 0.1) is 5.92 Å². The molecular formula is C22H27N3OS. The summed E-state index contributed by atoms with van der Waals surface area (Å²) in [6.07, 6.45) is 5.37. The van der Waals surface area contributed by atoms with Crippen LogP contribution < -0.4 is 10.9 Å². The summed E-state index contributed by atoms with van der Waals surface area (Å²) in [7, 11) is 0. The van der Waals surface area contributed by atoms with E-state index in [-0.39, 0.29) is 11.6 Å². The first-order valence-electron chi connectivity index (χ1n) is 9.93. The number of aromatic amines is 1. The van der Waals surface area contributed by atoms with E-state index in [1.54, 1.807) is 11.3 Å². The highest BCUT2D eigenvalue weighted by atomic mass is 32.1. The van der Waals surface area contributed by atoms with Gasteiger partial charge in [-0.3, -0.25) is 4.79 Å². The van der Waals surface area contributed by atoms with Crippen LogP contribution in [0.3, 0.4) is 0 Å². The Balaban J connectivity index is 1.44. The van der Waals surface area contributed by atoms with E-state index in [0.717, 1.165) is 48.3 Å². The van der Waals surface area contributed by atoms with Crippen molar-refractivity contribution in [3.63, 3.8) is 0 Å². The van der Waals surface area contributed by atoms with Crippen molar-refractivity contribution < 1.29 is 0 Å². The highest BCUT2D eigenvalue weighted by Gasteiger charge is 2.23. The molecule has 27 heavy (non-hydrogen) atoms. The lowest BCUT2D eigenvalue weighted by Crippen LogP contribution is -2.25. The number of hydrogen-bond donors (Lipinski definition) is 2. The molecule has 3 aromatic rings. The number of H-pyrrole nitrogens is 1. The Hall–Kier alpha value is -1.98. The van der Waals surface area contributed by atoms with Crippen molar-refractivity contribution in [3.8, 4) is 0 Å². The molecule has 2 aromatic heterocycles. The second-order valence-electron chi connectivity index (χ2n) is 7.75. The molecule has 0 saturated heterocycles. The molecule has 1 aliphatic carbocycles. The molecule has 0 fully saturated rings. The maximum absolute atomic E-state index is 12.7. The predicted octanol–water partition coefficient (Wildman–Crippen LogP) is 4.39. The van der Waals surface area contributed by atoms with E-state index in [4.69, 9.17) is 4.98 Å². The molecule has 2 heterocycles. The van der Waals surface area contributed by atoms with E-state index in [1.807, 2.05) is 6.07 Å². The van der Waals surface area contributed by atoms with Gasteiger partial charge in [-0.05, 0) is 62.6 Å². The normalized spacial score (nSPS) is 17.8. The molecule has 0 aliphatic heterocycles. The SMILES string of the molecule is C[C@@H]1CCc2c(sc3nc([C@@H](C)NCCCc4ccccc4)[nH]c(=O)c23)C1. The summed E-state index contributed by atoms with van der Waals surface area (Å²) in [6.45, 7) is 5.26. The van der Waals surface area contributed by atoms with Gasteiger partial charge >= 0.3 is 0 Å². The third kappa shape index (κ3) is 3.99. The summed E-state index contributed by atoms with van der Waals surface area (Å²) in [5, 5.41) is 4.34. The van der Waals surface area contributed by atoms with Crippen molar-refractivity contribution in [1.82, 2.24) is 15.3 Å². The quantitative estimate of drug-likeness (QED) is 0.623. The van der Waals surface area contributed by atoms with Crippen molar-refractivity contribution in [1.29, 1.82) is 0 Å². The fourth-order valence-corrected chi connectivity index (χ4v) is 5.31. The molecule has 5 heteroatoms. The summed E-state index contributed by atoms with van der Waals surface area (Å²) >= 11 is 1.72. The molecule has 1 aromatic carbocycles. The molecule has 2 N–H and O–H groups in total. The van der Waals surface area contributed by atoms with Gasteiger partial charge in [0.05, 0.1) is 11.4 Å². The number of rotatable bonds is 6. The third-order valence-corrected chi connectivity index (χ3v) is 6.68. The van der Waals surface area contributed by atoms with Crippen LogP contribution in [0.5, 0.6) is 0 Å². The van der Waals surface area contributed by atoms with Crippen LogP contribution in [0.25, 0.3) is 10.2 Å². The Morgan fingerprint density at radius 2 is 2.15 bits per heavy atom. The second-order valence-corrected chi connectivity index (χ2v) is 8.83. The van der Waals surface area contributed by atoms with Crippen LogP contribution in [-0.4, -0.2) is 16.5 Å². The number of nitrogens with zero attached hydrogens (tertiary/aromatic N) is 1. The van der Waals surface area contributed by atoms with Crippen molar-refractivity contribution in [3.05, 3.63) is 62.5 Å². The van der Waals surface area contributed by atoms with Crippen LogP contribution in [0.4, 0.5) is 0 Å². The lowest BCUT2D eigenvalue weighted by atomic mass is 9.89. The van der Waals surface area contributed by atoms with Gasteiger partial charge in [-0.2, -0.15) is 0 Å². The maximum Gasteiger partial charge on any atom is 0.259 e. The zero-order valence-corrected chi connectivity index (χ0v) is 16.9. The van der Waals surface area contributed by atoms with Crippen molar-refractivity contribution in [2.24, 2.45) is 5.92 Å². The number of nitrogens with one attached hydrogen (secondary N) is 2. The Morgan fingerprint density at radius 3 is 2.96 bits per heavy atom. The molecule has 0 bridgehead atoms. The Bertz CT molecular complexity index is 976. The Kier molecular flexibility index (Phi) is 5.41. The number of aryl methyl sites for hydroxylation is 2. The van der Waals surface area contributed by atoms with E-state index in [1.165, 1.54) is 22.4 Å². The van der Waals surface area contributed by atoms with Crippen molar-refractivity contribution in [2.75, 3.05) is 6.54 Å². The molecular weight excluding hydrogens is 354 g/mol. The largest absolute Gasteiger partial charge is 0.309 e. The minimum absolute atomic E-state index is 0.0278. The zero-order valence-electron chi connectivity index (χ0n) is 16.0. The van der Waals surface area contributed by atoms with E-state index < -0.39 is 0 Å². The number of hydrogen-bond acceptors (Lipinski definition) is 4. The first kappa shape index (κ1) is 18.4. The zero-order chi connectivity index (χ0) is 18.8. The molecule has 4 rings (SSSR count). The van der Waals surface area contributed by atoms with Gasteiger partial charge in [-0.15, -0.1) is 11.3 Å². The summed E-state index contributed by atoms with van der Waals surface area (Å²) in [4.78, 5) is 22.8. The molecule has 0 saturated carbocycles. The highest BCUT2D eigenvalue weighted by molar-refractivity contribution is 7.18. The molecule has 0 radical (unpaired) electrons. The lowest BCUT2D eigenvalue weighted by Gasteiger charge is -2.17. The molecule has 0 spiro atoms. The molecule has 2 atom stereocenters. The number of thiophene rings is 1. The first-order chi connectivity index (χ1) is 13.1. The Labute approximate surface area is 164 Å². The van der Waals surface area contributed by atoms with E-state index in [9.17, 15) is 4.79 Å². The fraction of sp³-hybridized carbons (Fsp3) is 0.455. The number of aromatic nitrogens is 2. The summed E-state index contributed by atoms with van der Waals surface area (Å²) in [5.74, 6) is 1.45. The maximum atomic E-state index is 12.7. The third-order valence-electron chi connectivity index (χ3n) is 5.53. The van der Waals surface area contributed by atoms with Gasteiger partial charge < -0.3 is 10.3 Å². The van der Waals surface area contributed by atoms with Gasteiger partial charge in [0.25, 0.3) is 5.56 Å². The second kappa shape index (κ2) is 7.95. The van der Waals surface area contributed by atoms with Crippen LogP contribution in [0.15, 0.2) is 35.1 Å². The molecule has 142 valence electrons. The first-order valence-corrected chi connectivity index (χ1v) is 10.7. The van der Waals surface area contributed by atoms with Crippen LogP contribution >= 0.6 is 11.3 Å². The van der Waals surface area contributed by atoms with Gasteiger partial charge in [0.1, 0.15) is 10.7 Å². The summed E-state index contributed by atoms with van der Waals surface area (Å²) in [6, 6.07) is 10.6. The van der Waals surface area contributed by atoms with Gasteiger partial charge in [0.2, 0.25) is 0 Å². The van der Waals surface area contributed by atoms with E-state index in [2.05, 4.69) is 48.4 Å². The minimum atomic E-state index is 0.0278. The molecule has 4 nitrogen and oxygen atoms in total. The number of benzene rings is 1. The van der Waals surface area contributed by atoms with E-state index in [0.29, 0.717) is 5.92 Å². The fourth-order valence-electron chi connectivity index (χ4n) is 3.92. The van der Waals surface area contributed by atoms with Crippen molar-refractivity contribution >= 4 is 21.6 Å². The molecule has 1 aliphatic rings. The van der Waals surface area contributed by atoms with Crippen LogP contribution in [0.1, 0.15) is 54.6 Å². The summed E-state index contributed by atoms with van der Waals surface area (Å²) < 4.78 is 0. The average Bonchev–Trinajstić information content (AvgIpc) is 3.03.